The lowest BCUT2D eigenvalue weighted by Crippen LogP contribution is -2.43. The standard InChI is InChI=1S/C15H23NO/c1-3-16-15(10-5-4-6-11-15)13-8-7-9-14(12-13)17-2/h7-9,12,16H,3-6,10-11H2,1-2H3. The summed E-state index contributed by atoms with van der Waals surface area (Å²) in [5.41, 5.74) is 1.57. The highest BCUT2D eigenvalue weighted by molar-refractivity contribution is 5.33. The summed E-state index contributed by atoms with van der Waals surface area (Å²) in [6, 6.07) is 8.54. The summed E-state index contributed by atoms with van der Waals surface area (Å²) in [6.07, 6.45) is 6.51. The van der Waals surface area contributed by atoms with Crippen LogP contribution in [0.4, 0.5) is 0 Å². The number of nitrogens with one attached hydrogen (secondary N) is 1. The highest BCUT2D eigenvalue weighted by Crippen LogP contribution is 2.38. The zero-order chi connectivity index (χ0) is 12.1. The van der Waals surface area contributed by atoms with E-state index in [9.17, 15) is 0 Å². The van der Waals surface area contributed by atoms with Crippen LogP contribution in [0.25, 0.3) is 0 Å². The maximum atomic E-state index is 5.34. The van der Waals surface area contributed by atoms with Crippen LogP contribution in [0.1, 0.15) is 44.6 Å². The number of rotatable bonds is 4. The first-order valence-corrected chi connectivity index (χ1v) is 6.70. The lowest BCUT2D eigenvalue weighted by Gasteiger charge is -2.39. The van der Waals surface area contributed by atoms with Crippen molar-refractivity contribution in [2.75, 3.05) is 13.7 Å². The van der Waals surface area contributed by atoms with E-state index < -0.39 is 0 Å². The van der Waals surface area contributed by atoms with Crippen molar-refractivity contribution < 1.29 is 4.74 Å². The molecule has 1 aromatic rings. The molecule has 0 radical (unpaired) electrons. The van der Waals surface area contributed by atoms with Crippen LogP contribution in [0.3, 0.4) is 0 Å². The van der Waals surface area contributed by atoms with E-state index in [2.05, 4.69) is 30.4 Å². The van der Waals surface area contributed by atoms with E-state index >= 15 is 0 Å². The second-order valence-corrected chi connectivity index (χ2v) is 4.91. The summed E-state index contributed by atoms with van der Waals surface area (Å²) in [4.78, 5) is 0. The lowest BCUT2D eigenvalue weighted by atomic mass is 9.76. The molecule has 2 rings (SSSR count). The van der Waals surface area contributed by atoms with E-state index in [1.807, 2.05) is 6.07 Å². The fraction of sp³-hybridized carbons (Fsp3) is 0.600. The summed E-state index contributed by atoms with van der Waals surface area (Å²) >= 11 is 0. The zero-order valence-electron chi connectivity index (χ0n) is 11.0. The molecule has 1 aliphatic carbocycles. The van der Waals surface area contributed by atoms with Gasteiger partial charge in [0.05, 0.1) is 7.11 Å². The highest BCUT2D eigenvalue weighted by atomic mass is 16.5. The smallest absolute Gasteiger partial charge is 0.119 e. The van der Waals surface area contributed by atoms with Crippen LogP contribution in [0.15, 0.2) is 24.3 Å². The Labute approximate surface area is 104 Å². The molecule has 0 aliphatic heterocycles. The van der Waals surface area contributed by atoms with E-state index in [0.717, 1.165) is 12.3 Å². The molecule has 1 fully saturated rings. The minimum absolute atomic E-state index is 0.182. The first-order valence-electron chi connectivity index (χ1n) is 6.70. The molecule has 0 spiro atoms. The molecule has 1 aromatic carbocycles. The minimum atomic E-state index is 0.182. The SMILES string of the molecule is CCNC1(c2cccc(OC)c2)CCCCC1. The van der Waals surface area contributed by atoms with Crippen LogP contribution in [-0.2, 0) is 5.54 Å². The number of hydrogen-bond donors (Lipinski definition) is 1. The van der Waals surface area contributed by atoms with Crippen LogP contribution in [-0.4, -0.2) is 13.7 Å². The molecule has 0 amide bonds. The Balaban J connectivity index is 2.30. The molecule has 0 bridgehead atoms. The van der Waals surface area contributed by atoms with Gasteiger partial charge >= 0.3 is 0 Å². The molecular formula is C15H23NO. The van der Waals surface area contributed by atoms with Crippen LogP contribution in [0.5, 0.6) is 5.75 Å². The monoisotopic (exact) mass is 233 g/mol. The van der Waals surface area contributed by atoms with Crippen LogP contribution in [0.2, 0.25) is 0 Å². The maximum absolute atomic E-state index is 5.34. The predicted octanol–water partition coefficient (Wildman–Crippen LogP) is 3.46. The average molecular weight is 233 g/mol. The van der Waals surface area contributed by atoms with E-state index in [-0.39, 0.29) is 5.54 Å². The Morgan fingerprint density at radius 1 is 1.24 bits per heavy atom. The molecule has 0 unspecified atom stereocenters. The summed E-state index contributed by atoms with van der Waals surface area (Å²) in [5, 5.41) is 3.71. The molecule has 1 saturated carbocycles. The van der Waals surface area contributed by atoms with Crippen LogP contribution < -0.4 is 10.1 Å². The molecule has 2 nitrogen and oxygen atoms in total. The van der Waals surface area contributed by atoms with Crippen molar-refractivity contribution in [3.63, 3.8) is 0 Å². The molecule has 0 atom stereocenters. The molecule has 0 saturated heterocycles. The predicted molar refractivity (Wildman–Crippen MR) is 71.4 cm³/mol. The Morgan fingerprint density at radius 3 is 2.65 bits per heavy atom. The minimum Gasteiger partial charge on any atom is -0.497 e. The molecule has 1 aliphatic rings. The van der Waals surface area contributed by atoms with Crippen molar-refractivity contribution >= 4 is 0 Å². The zero-order valence-corrected chi connectivity index (χ0v) is 11.0. The number of hydrogen-bond acceptors (Lipinski definition) is 2. The van der Waals surface area contributed by atoms with Gasteiger partial charge in [0.15, 0.2) is 0 Å². The molecule has 1 N–H and O–H groups in total. The van der Waals surface area contributed by atoms with E-state index in [0.29, 0.717) is 0 Å². The first-order chi connectivity index (χ1) is 8.30. The molecule has 94 valence electrons. The highest BCUT2D eigenvalue weighted by Gasteiger charge is 2.32. The third-order valence-corrected chi connectivity index (χ3v) is 3.84. The topological polar surface area (TPSA) is 21.3 Å². The van der Waals surface area contributed by atoms with Crippen LogP contribution in [0, 0.1) is 0 Å². The second kappa shape index (κ2) is 5.54. The van der Waals surface area contributed by atoms with Gasteiger partial charge in [-0.2, -0.15) is 0 Å². The van der Waals surface area contributed by atoms with E-state index in [4.69, 9.17) is 4.74 Å². The Bertz CT molecular complexity index is 350. The van der Waals surface area contributed by atoms with Gasteiger partial charge in [-0.1, -0.05) is 38.3 Å². The number of methoxy groups -OCH3 is 1. The van der Waals surface area contributed by atoms with Crippen molar-refractivity contribution in [3.8, 4) is 5.75 Å². The Kier molecular flexibility index (Phi) is 4.06. The van der Waals surface area contributed by atoms with Gasteiger partial charge in [0.25, 0.3) is 0 Å². The third-order valence-electron chi connectivity index (χ3n) is 3.84. The van der Waals surface area contributed by atoms with Gasteiger partial charge in [0.2, 0.25) is 0 Å². The fourth-order valence-electron chi connectivity index (χ4n) is 2.98. The van der Waals surface area contributed by atoms with Gasteiger partial charge < -0.3 is 10.1 Å². The fourth-order valence-corrected chi connectivity index (χ4v) is 2.98. The lowest BCUT2D eigenvalue weighted by molar-refractivity contribution is 0.237. The van der Waals surface area contributed by atoms with Crippen molar-refractivity contribution in [2.45, 2.75) is 44.6 Å². The van der Waals surface area contributed by atoms with Crippen molar-refractivity contribution in [2.24, 2.45) is 0 Å². The molecule has 17 heavy (non-hydrogen) atoms. The van der Waals surface area contributed by atoms with Gasteiger partial charge in [-0.15, -0.1) is 0 Å². The average Bonchev–Trinajstić information content (AvgIpc) is 2.40. The summed E-state index contributed by atoms with van der Waals surface area (Å²) in [7, 11) is 1.74. The Hall–Kier alpha value is -1.02. The normalized spacial score (nSPS) is 18.9. The maximum Gasteiger partial charge on any atom is 0.119 e. The van der Waals surface area contributed by atoms with Crippen molar-refractivity contribution in [1.29, 1.82) is 0 Å². The first kappa shape index (κ1) is 12.4. The van der Waals surface area contributed by atoms with E-state index in [1.165, 1.54) is 37.7 Å². The van der Waals surface area contributed by atoms with Crippen molar-refractivity contribution in [3.05, 3.63) is 29.8 Å². The van der Waals surface area contributed by atoms with Crippen molar-refractivity contribution in [1.82, 2.24) is 5.32 Å². The van der Waals surface area contributed by atoms with Gasteiger partial charge in [-0.05, 0) is 37.1 Å². The Morgan fingerprint density at radius 2 is 2.00 bits per heavy atom. The summed E-state index contributed by atoms with van der Waals surface area (Å²) in [6.45, 7) is 3.22. The number of ether oxygens (including phenoxy) is 1. The molecule has 2 heteroatoms. The largest absolute Gasteiger partial charge is 0.497 e. The van der Waals surface area contributed by atoms with E-state index in [1.54, 1.807) is 7.11 Å². The van der Waals surface area contributed by atoms with Gasteiger partial charge in [0, 0.05) is 5.54 Å². The molecular weight excluding hydrogens is 210 g/mol. The third kappa shape index (κ3) is 2.63. The van der Waals surface area contributed by atoms with Gasteiger partial charge in [-0.25, -0.2) is 0 Å². The second-order valence-electron chi connectivity index (χ2n) is 4.91. The quantitative estimate of drug-likeness (QED) is 0.860. The van der Waals surface area contributed by atoms with Gasteiger partial charge in [0.1, 0.15) is 5.75 Å². The summed E-state index contributed by atoms with van der Waals surface area (Å²) < 4.78 is 5.34. The molecule has 0 aromatic heterocycles. The molecule has 0 heterocycles. The number of benzene rings is 1. The van der Waals surface area contributed by atoms with Gasteiger partial charge in [-0.3, -0.25) is 0 Å². The van der Waals surface area contributed by atoms with Crippen LogP contribution >= 0.6 is 0 Å². The summed E-state index contributed by atoms with van der Waals surface area (Å²) in [5.74, 6) is 0.963.